The molecule has 0 aromatic heterocycles. The first-order valence-corrected chi connectivity index (χ1v) is 11.4. The van der Waals surface area contributed by atoms with E-state index in [-0.39, 0.29) is 30.8 Å². The van der Waals surface area contributed by atoms with Gasteiger partial charge in [0.2, 0.25) is 0 Å². The highest BCUT2D eigenvalue weighted by atomic mass is 19.1. The zero-order valence-electron chi connectivity index (χ0n) is 19.4. The standard InChI is InChI=1S/C25H29F2N3O5/c1-2-34-23(21-18(26)11-12-19(22(21)27)35-17-5-3-4-6-17)25(33)30(14-20(31)32)13-15-7-9-16(10-8-15)24(28)29/h7-12,17,23H,2-6,13-14H2,1H3,(H3,28,29)(H,31,32). The number of aliphatic carboxylic acids is 1. The molecule has 3 rings (SSSR count). The number of halogens is 2. The summed E-state index contributed by atoms with van der Waals surface area (Å²) in [5.74, 6) is -4.54. The molecule has 8 nitrogen and oxygen atoms in total. The summed E-state index contributed by atoms with van der Waals surface area (Å²) >= 11 is 0. The number of carbonyl (C=O) groups excluding carboxylic acids is 1. The summed E-state index contributed by atoms with van der Waals surface area (Å²) < 4.78 is 41.5. The summed E-state index contributed by atoms with van der Waals surface area (Å²) in [5, 5.41) is 16.8. The van der Waals surface area contributed by atoms with Gasteiger partial charge in [0.05, 0.1) is 11.7 Å². The number of carboxylic acids is 1. The van der Waals surface area contributed by atoms with Crippen molar-refractivity contribution in [3.8, 4) is 5.75 Å². The Balaban J connectivity index is 1.92. The van der Waals surface area contributed by atoms with Gasteiger partial charge in [-0.05, 0) is 50.3 Å². The summed E-state index contributed by atoms with van der Waals surface area (Å²) in [6.07, 6.45) is 1.54. The molecule has 0 bridgehead atoms. The predicted molar refractivity (Wildman–Crippen MR) is 124 cm³/mol. The molecule has 2 aromatic carbocycles. The number of carbonyl (C=O) groups is 2. The third-order valence-corrected chi connectivity index (χ3v) is 5.78. The van der Waals surface area contributed by atoms with Gasteiger partial charge in [-0.3, -0.25) is 15.0 Å². The highest BCUT2D eigenvalue weighted by molar-refractivity contribution is 5.94. The van der Waals surface area contributed by atoms with Gasteiger partial charge in [-0.25, -0.2) is 8.78 Å². The van der Waals surface area contributed by atoms with Crippen LogP contribution in [0.25, 0.3) is 0 Å². The Morgan fingerprint density at radius 3 is 2.40 bits per heavy atom. The molecule has 188 valence electrons. The van der Waals surface area contributed by atoms with Crippen LogP contribution >= 0.6 is 0 Å². The van der Waals surface area contributed by atoms with Gasteiger partial charge in [0.1, 0.15) is 18.2 Å². The Labute approximate surface area is 202 Å². The van der Waals surface area contributed by atoms with E-state index in [0.717, 1.165) is 36.6 Å². The highest BCUT2D eigenvalue weighted by Crippen LogP contribution is 2.34. The summed E-state index contributed by atoms with van der Waals surface area (Å²) in [4.78, 5) is 25.9. The number of nitrogens with one attached hydrogen (secondary N) is 1. The fourth-order valence-corrected chi connectivity index (χ4v) is 4.06. The molecule has 0 heterocycles. The number of nitrogens with zero attached hydrogens (tertiary/aromatic N) is 1. The van der Waals surface area contributed by atoms with Crippen molar-refractivity contribution in [2.45, 2.75) is 51.4 Å². The molecule has 35 heavy (non-hydrogen) atoms. The Morgan fingerprint density at radius 1 is 1.17 bits per heavy atom. The lowest BCUT2D eigenvalue weighted by Crippen LogP contribution is -2.39. The molecule has 10 heteroatoms. The van der Waals surface area contributed by atoms with Crippen LogP contribution in [0.4, 0.5) is 8.78 Å². The molecule has 1 aliphatic rings. The molecule has 2 aromatic rings. The van der Waals surface area contributed by atoms with Crippen LogP contribution in [0.5, 0.6) is 5.75 Å². The van der Waals surface area contributed by atoms with E-state index in [1.807, 2.05) is 0 Å². The number of hydrogen-bond donors (Lipinski definition) is 3. The van der Waals surface area contributed by atoms with Crippen LogP contribution < -0.4 is 10.5 Å². The van der Waals surface area contributed by atoms with Gasteiger partial charge in [0.15, 0.2) is 17.7 Å². The van der Waals surface area contributed by atoms with Gasteiger partial charge in [0.25, 0.3) is 5.91 Å². The van der Waals surface area contributed by atoms with Gasteiger partial charge in [-0.15, -0.1) is 0 Å². The van der Waals surface area contributed by atoms with Crippen LogP contribution in [0.2, 0.25) is 0 Å². The maximum atomic E-state index is 15.4. The minimum atomic E-state index is -1.71. The van der Waals surface area contributed by atoms with Gasteiger partial charge < -0.3 is 25.2 Å². The van der Waals surface area contributed by atoms with Crippen molar-refractivity contribution in [1.29, 1.82) is 5.41 Å². The second kappa shape index (κ2) is 11.7. The van der Waals surface area contributed by atoms with Crippen molar-refractivity contribution in [3.05, 3.63) is 64.7 Å². The van der Waals surface area contributed by atoms with Gasteiger partial charge in [-0.1, -0.05) is 24.3 Å². The first-order chi connectivity index (χ1) is 16.7. The molecule has 1 aliphatic carbocycles. The lowest BCUT2D eigenvalue weighted by Gasteiger charge is -2.27. The second-order valence-corrected chi connectivity index (χ2v) is 8.33. The molecule has 0 saturated heterocycles. The largest absolute Gasteiger partial charge is 0.487 e. The maximum Gasteiger partial charge on any atom is 0.323 e. The average molecular weight is 490 g/mol. The van der Waals surface area contributed by atoms with Crippen LogP contribution in [-0.4, -0.2) is 47.0 Å². The summed E-state index contributed by atoms with van der Waals surface area (Å²) in [5.41, 5.74) is 5.84. The van der Waals surface area contributed by atoms with E-state index in [1.165, 1.54) is 6.07 Å². The number of rotatable bonds is 11. The fourth-order valence-electron chi connectivity index (χ4n) is 4.06. The molecule has 1 saturated carbocycles. The molecule has 0 radical (unpaired) electrons. The van der Waals surface area contributed by atoms with E-state index >= 15 is 4.39 Å². The van der Waals surface area contributed by atoms with Crippen molar-refractivity contribution in [2.24, 2.45) is 5.73 Å². The van der Waals surface area contributed by atoms with Gasteiger partial charge in [0, 0.05) is 18.7 Å². The Kier molecular flexibility index (Phi) is 8.75. The second-order valence-electron chi connectivity index (χ2n) is 8.33. The molecule has 1 atom stereocenters. The maximum absolute atomic E-state index is 15.4. The summed E-state index contributed by atoms with van der Waals surface area (Å²) in [6, 6.07) is 8.50. The van der Waals surface area contributed by atoms with E-state index in [2.05, 4.69) is 0 Å². The zero-order chi connectivity index (χ0) is 25.5. The Bertz CT molecular complexity index is 1070. The van der Waals surface area contributed by atoms with Crippen LogP contribution in [0.15, 0.2) is 36.4 Å². The number of amides is 1. The number of carboxylic acid groups (broad SMARTS) is 1. The SMILES string of the molecule is CCOC(C(=O)N(CC(=O)O)Cc1ccc(C(=N)N)cc1)c1c(F)ccc(OC2CCCC2)c1F. The normalized spacial score (nSPS) is 14.5. The lowest BCUT2D eigenvalue weighted by molar-refractivity contribution is -0.152. The number of ether oxygens (including phenoxy) is 2. The smallest absolute Gasteiger partial charge is 0.323 e. The van der Waals surface area contributed by atoms with Crippen LogP contribution in [0, 0.1) is 17.0 Å². The van der Waals surface area contributed by atoms with E-state index < -0.39 is 41.7 Å². The minimum Gasteiger partial charge on any atom is -0.487 e. The first kappa shape index (κ1) is 26.1. The summed E-state index contributed by atoms with van der Waals surface area (Å²) in [7, 11) is 0. The zero-order valence-corrected chi connectivity index (χ0v) is 19.4. The first-order valence-electron chi connectivity index (χ1n) is 11.4. The third kappa shape index (κ3) is 6.54. The van der Waals surface area contributed by atoms with Crippen LogP contribution in [0.1, 0.15) is 55.4 Å². The molecular formula is C25H29F2N3O5. The summed E-state index contributed by atoms with van der Waals surface area (Å²) in [6.45, 7) is 0.654. The van der Waals surface area contributed by atoms with E-state index in [1.54, 1.807) is 31.2 Å². The van der Waals surface area contributed by atoms with Crippen LogP contribution in [0.3, 0.4) is 0 Å². The van der Waals surface area contributed by atoms with Crippen LogP contribution in [-0.2, 0) is 20.9 Å². The van der Waals surface area contributed by atoms with Crippen molar-refractivity contribution in [3.63, 3.8) is 0 Å². The monoisotopic (exact) mass is 489 g/mol. The van der Waals surface area contributed by atoms with E-state index in [4.69, 9.17) is 20.6 Å². The predicted octanol–water partition coefficient (Wildman–Crippen LogP) is 3.76. The Hall–Kier alpha value is -3.53. The van der Waals surface area contributed by atoms with Gasteiger partial charge >= 0.3 is 5.97 Å². The fraction of sp³-hybridized carbons (Fsp3) is 0.400. The molecule has 4 N–H and O–H groups in total. The lowest BCUT2D eigenvalue weighted by atomic mass is 10.0. The molecular weight excluding hydrogens is 460 g/mol. The quantitative estimate of drug-likeness (QED) is 0.326. The minimum absolute atomic E-state index is 0.0444. The number of nitrogens with two attached hydrogens (primary N) is 1. The topological polar surface area (TPSA) is 126 Å². The molecule has 1 amide bonds. The third-order valence-electron chi connectivity index (χ3n) is 5.78. The van der Waals surface area contributed by atoms with E-state index in [0.29, 0.717) is 11.1 Å². The van der Waals surface area contributed by atoms with Crippen molar-refractivity contribution < 1.29 is 33.0 Å². The number of amidine groups is 1. The number of hydrogen-bond acceptors (Lipinski definition) is 5. The molecule has 1 fully saturated rings. The molecule has 0 aliphatic heterocycles. The van der Waals surface area contributed by atoms with Crippen molar-refractivity contribution in [1.82, 2.24) is 4.90 Å². The number of nitrogen functional groups attached to an aromatic ring is 1. The van der Waals surface area contributed by atoms with E-state index in [9.17, 15) is 19.1 Å². The number of benzene rings is 2. The Morgan fingerprint density at radius 2 is 1.83 bits per heavy atom. The van der Waals surface area contributed by atoms with Crippen molar-refractivity contribution in [2.75, 3.05) is 13.2 Å². The molecule has 0 spiro atoms. The average Bonchev–Trinajstić information content (AvgIpc) is 3.33. The van der Waals surface area contributed by atoms with Crippen molar-refractivity contribution >= 4 is 17.7 Å². The van der Waals surface area contributed by atoms with Gasteiger partial charge in [-0.2, -0.15) is 0 Å². The highest BCUT2D eigenvalue weighted by Gasteiger charge is 2.34. The molecule has 1 unspecified atom stereocenters.